The van der Waals surface area contributed by atoms with E-state index in [9.17, 15) is 14.0 Å². The molecule has 1 aliphatic heterocycles. The molecule has 1 fully saturated rings. The molecule has 2 heterocycles. The first-order chi connectivity index (χ1) is 8.56. The summed E-state index contributed by atoms with van der Waals surface area (Å²) in [6.45, 7) is 0.366. The quantitative estimate of drug-likeness (QED) is 0.731. The van der Waals surface area contributed by atoms with E-state index in [1.54, 1.807) is 0 Å². The smallest absolute Gasteiger partial charge is 0.339 e. The number of rotatable bonds is 4. The van der Waals surface area contributed by atoms with E-state index in [0.717, 1.165) is 12.3 Å². The summed E-state index contributed by atoms with van der Waals surface area (Å²) in [5.41, 5.74) is -0.223. The van der Waals surface area contributed by atoms with Crippen LogP contribution in [0.2, 0.25) is 0 Å². The second-order valence-corrected chi connectivity index (χ2v) is 4.04. The maximum Gasteiger partial charge on any atom is 0.339 e. The van der Waals surface area contributed by atoms with Gasteiger partial charge in [0, 0.05) is 19.0 Å². The Balaban J connectivity index is 2.04. The van der Waals surface area contributed by atoms with Gasteiger partial charge in [0.25, 0.3) is 0 Å². The van der Waals surface area contributed by atoms with Crippen LogP contribution in [0.25, 0.3) is 0 Å². The van der Waals surface area contributed by atoms with Crippen LogP contribution in [0, 0.1) is 5.82 Å². The van der Waals surface area contributed by atoms with Gasteiger partial charge in [-0.2, -0.15) is 0 Å². The predicted molar refractivity (Wildman–Crippen MR) is 60.8 cm³/mol. The normalized spacial score (nSPS) is 18.5. The van der Waals surface area contributed by atoms with Crippen LogP contribution in [0.1, 0.15) is 23.2 Å². The first-order valence-corrected chi connectivity index (χ1v) is 5.48. The molecule has 0 bridgehead atoms. The second-order valence-electron chi connectivity index (χ2n) is 4.04. The number of carbonyl (C=O) groups excluding carboxylic acids is 1. The van der Waals surface area contributed by atoms with E-state index in [-0.39, 0.29) is 23.3 Å². The van der Waals surface area contributed by atoms with Crippen molar-refractivity contribution in [2.45, 2.75) is 18.9 Å². The Morgan fingerprint density at radius 3 is 3.06 bits per heavy atom. The number of halogens is 1. The number of aromatic carboxylic acids is 1. The maximum absolute atomic E-state index is 12.9. The molecule has 1 aliphatic rings. The van der Waals surface area contributed by atoms with Crippen LogP contribution in [0.15, 0.2) is 12.3 Å². The summed E-state index contributed by atoms with van der Waals surface area (Å²) in [6, 6.07) is 0.858. The average Bonchev–Trinajstić information content (AvgIpc) is 2.73. The molecular weight excluding hydrogens is 241 g/mol. The molecule has 1 atom stereocenters. The number of aromatic nitrogens is 1. The Kier molecular flexibility index (Phi) is 3.40. The summed E-state index contributed by atoms with van der Waals surface area (Å²) >= 11 is 0. The van der Waals surface area contributed by atoms with Crippen molar-refractivity contribution < 1.29 is 19.1 Å². The highest BCUT2D eigenvalue weighted by Gasteiger charge is 2.21. The van der Waals surface area contributed by atoms with Crippen molar-refractivity contribution in [3.63, 3.8) is 0 Å². The Morgan fingerprint density at radius 2 is 2.44 bits per heavy atom. The third-order valence-corrected chi connectivity index (χ3v) is 2.69. The minimum Gasteiger partial charge on any atom is -0.478 e. The maximum atomic E-state index is 12.9. The van der Waals surface area contributed by atoms with E-state index < -0.39 is 11.8 Å². The third-order valence-electron chi connectivity index (χ3n) is 2.69. The molecule has 0 saturated carbocycles. The highest BCUT2D eigenvalue weighted by Crippen LogP contribution is 2.15. The van der Waals surface area contributed by atoms with Gasteiger partial charge in [-0.25, -0.2) is 14.2 Å². The molecule has 0 aliphatic carbocycles. The molecule has 1 saturated heterocycles. The van der Waals surface area contributed by atoms with Crippen LogP contribution in [-0.2, 0) is 4.79 Å². The number of carboxylic acids is 1. The molecule has 2 rings (SSSR count). The van der Waals surface area contributed by atoms with Gasteiger partial charge in [-0.15, -0.1) is 0 Å². The van der Waals surface area contributed by atoms with Gasteiger partial charge < -0.3 is 15.7 Å². The van der Waals surface area contributed by atoms with Crippen LogP contribution in [0.4, 0.5) is 10.2 Å². The van der Waals surface area contributed by atoms with Gasteiger partial charge >= 0.3 is 5.97 Å². The molecule has 0 radical (unpaired) electrons. The summed E-state index contributed by atoms with van der Waals surface area (Å²) in [5, 5.41) is 14.5. The number of anilines is 1. The SMILES string of the molecule is O=C1CCC(CNc2ncc(F)cc2C(=O)O)N1. The van der Waals surface area contributed by atoms with Gasteiger partial charge in [-0.1, -0.05) is 0 Å². The number of nitrogens with one attached hydrogen (secondary N) is 2. The first kappa shape index (κ1) is 12.3. The van der Waals surface area contributed by atoms with E-state index in [2.05, 4.69) is 15.6 Å². The number of pyridine rings is 1. The Hall–Kier alpha value is -2.18. The van der Waals surface area contributed by atoms with Crippen LogP contribution < -0.4 is 10.6 Å². The van der Waals surface area contributed by atoms with Gasteiger partial charge in [0.05, 0.1) is 6.20 Å². The van der Waals surface area contributed by atoms with Gasteiger partial charge in [0.15, 0.2) is 0 Å². The molecule has 0 aromatic carbocycles. The molecule has 18 heavy (non-hydrogen) atoms. The Morgan fingerprint density at radius 1 is 1.67 bits per heavy atom. The standard InChI is InChI=1S/C11H12FN3O3/c12-6-3-8(11(17)18)10(13-4-6)14-5-7-1-2-9(16)15-7/h3-4,7H,1-2,5H2,(H,13,14)(H,15,16)(H,17,18). The fourth-order valence-electron chi connectivity index (χ4n) is 1.79. The lowest BCUT2D eigenvalue weighted by Crippen LogP contribution is -2.32. The number of carbonyl (C=O) groups is 2. The molecule has 7 heteroatoms. The highest BCUT2D eigenvalue weighted by atomic mass is 19.1. The molecule has 0 spiro atoms. The molecular formula is C11H12FN3O3. The zero-order chi connectivity index (χ0) is 13.1. The van der Waals surface area contributed by atoms with Crippen LogP contribution in [0.5, 0.6) is 0 Å². The third kappa shape index (κ3) is 2.73. The zero-order valence-corrected chi connectivity index (χ0v) is 9.44. The van der Waals surface area contributed by atoms with E-state index in [1.165, 1.54) is 0 Å². The van der Waals surface area contributed by atoms with Crippen LogP contribution in [0.3, 0.4) is 0 Å². The Bertz CT molecular complexity index is 492. The summed E-state index contributed by atoms with van der Waals surface area (Å²) in [4.78, 5) is 25.6. The van der Waals surface area contributed by atoms with E-state index in [0.29, 0.717) is 19.4 Å². The lowest BCUT2D eigenvalue weighted by atomic mass is 10.2. The first-order valence-electron chi connectivity index (χ1n) is 5.48. The molecule has 3 N–H and O–H groups in total. The Labute approximate surface area is 102 Å². The van der Waals surface area contributed by atoms with Crippen molar-refractivity contribution >= 4 is 17.7 Å². The number of amides is 1. The lowest BCUT2D eigenvalue weighted by molar-refractivity contribution is -0.119. The lowest BCUT2D eigenvalue weighted by Gasteiger charge is -2.13. The molecule has 1 aromatic heterocycles. The van der Waals surface area contributed by atoms with Crippen LogP contribution >= 0.6 is 0 Å². The minimum absolute atomic E-state index is 0.0210. The predicted octanol–water partition coefficient (Wildman–Crippen LogP) is 0.609. The number of hydrogen-bond acceptors (Lipinski definition) is 4. The highest BCUT2D eigenvalue weighted by molar-refractivity contribution is 5.93. The van der Waals surface area contributed by atoms with Crippen molar-refractivity contribution in [2.24, 2.45) is 0 Å². The summed E-state index contributed by atoms with van der Waals surface area (Å²) in [5.74, 6) is -1.87. The molecule has 1 unspecified atom stereocenters. The zero-order valence-electron chi connectivity index (χ0n) is 9.44. The molecule has 96 valence electrons. The van der Waals surface area contributed by atoms with Crippen molar-refractivity contribution in [3.05, 3.63) is 23.6 Å². The van der Waals surface area contributed by atoms with E-state index in [4.69, 9.17) is 5.11 Å². The van der Waals surface area contributed by atoms with E-state index in [1.807, 2.05) is 0 Å². The summed E-state index contributed by atoms with van der Waals surface area (Å²) in [6.07, 6.45) is 2.10. The van der Waals surface area contributed by atoms with Crippen LogP contribution in [-0.4, -0.2) is 34.6 Å². The largest absolute Gasteiger partial charge is 0.478 e. The van der Waals surface area contributed by atoms with Crippen molar-refractivity contribution in [1.82, 2.24) is 10.3 Å². The molecule has 6 nitrogen and oxygen atoms in total. The fraction of sp³-hybridized carbons (Fsp3) is 0.364. The van der Waals surface area contributed by atoms with Gasteiger partial charge in [-0.05, 0) is 12.5 Å². The minimum atomic E-state index is -1.25. The van der Waals surface area contributed by atoms with Crippen molar-refractivity contribution in [3.8, 4) is 0 Å². The molecule has 1 amide bonds. The molecule has 1 aromatic rings. The topological polar surface area (TPSA) is 91.3 Å². The van der Waals surface area contributed by atoms with Gasteiger partial charge in [0.2, 0.25) is 5.91 Å². The number of nitrogens with zero attached hydrogens (tertiary/aromatic N) is 1. The number of carboxylic acid groups (broad SMARTS) is 1. The monoisotopic (exact) mass is 253 g/mol. The fourth-order valence-corrected chi connectivity index (χ4v) is 1.79. The number of hydrogen-bond donors (Lipinski definition) is 3. The average molecular weight is 253 g/mol. The van der Waals surface area contributed by atoms with Gasteiger partial charge in [-0.3, -0.25) is 4.79 Å². The second kappa shape index (κ2) is 4.99. The van der Waals surface area contributed by atoms with E-state index >= 15 is 0 Å². The summed E-state index contributed by atoms with van der Waals surface area (Å²) < 4.78 is 12.9. The van der Waals surface area contributed by atoms with Gasteiger partial charge in [0.1, 0.15) is 17.2 Å². The van der Waals surface area contributed by atoms with Crippen molar-refractivity contribution in [1.29, 1.82) is 0 Å². The van der Waals surface area contributed by atoms with Crippen molar-refractivity contribution in [2.75, 3.05) is 11.9 Å². The summed E-state index contributed by atoms with van der Waals surface area (Å²) in [7, 11) is 0.